The molecule has 110 valence electrons. The maximum absolute atomic E-state index is 12.6. The summed E-state index contributed by atoms with van der Waals surface area (Å²) in [5.74, 6) is 0.245. The molecule has 2 saturated heterocycles. The Morgan fingerprint density at radius 1 is 1.45 bits per heavy atom. The van der Waals surface area contributed by atoms with Gasteiger partial charge < -0.3 is 9.64 Å². The molecule has 2 aliphatic heterocycles. The van der Waals surface area contributed by atoms with Crippen LogP contribution in [0.3, 0.4) is 0 Å². The van der Waals surface area contributed by atoms with Gasteiger partial charge in [0.2, 0.25) is 5.91 Å². The largest absolute Gasteiger partial charge is 0.378 e. The zero-order valence-corrected chi connectivity index (χ0v) is 12.8. The molecule has 0 unspecified atom stereocenters. The van der Waals surface area contributed by atoms with Crippen LogP contribution in [0.2, 0.25) is 0 Å². The Bertz CT molecular complexity index is 468. The molecule has 0 aliphatic carbocycles. The predicted molar refractivity (Wildman–Crippen MR) is 78.7 cm³/mol. The summed E-state index contributed by atoms with van der Waals surface area (Å²) < 4.78 is 5.60. The number of piperidine rings is 1. The number of carbonyl (C=O) groups is 1. The zero-order chi connectivity index (χ0) is 13.9. The van der Waals surface area contributed by atoms with Crippen LogP contribution in [0.5, 0.6) is 0 Å². The molecule has 0 bridgehead atoms. The first-order valence-electron chi connectivity index (χ1n) is 7.57. The topological polar surface area (TPSA) is 42.4 Å². The minimum atomic E-state index is 0.142. The SMILES string of the molecule is Cc1csc([C@H]2CCCCN2C(=O)C[C@@H]2CCCO2)n1. The highest BCUT2D eigenvalue weighted by Crippen LogP contribution is 2.33. The van der Waals surface area contributed by atoms with Crippen LogP contribution in [-0.2, 0) is 9.53 Å². The third-order valence-corrected chi connectivity index (χ3v) is 5.24. The van der Waals surface area contributed by atoms with E-state index >= 15 is 0 Å². The van der Waals surface area contributed by atoms with Crippen LogP contribution in [0, 0.1) is 6.92 Å². The van der Waals surface area contributed by atoms with Gasteiger partial charge in [-0.1, -0.05) is 0 Å². The van der Waals surface area contributed by atoms with Crippen LogP contribution in [0.1, 0.15) is 55.3 Å². The van der Waals surface area contributed by atoms with E-state index in [0.717, 1.165) is 49.5 Å². The fourth-order valence-corrected chi connectivity index (χ4v) is 4.07. The zero-order valence-electron chi connectivity index (χ0n) is 12.0. The van der Waals surface area contributed by atoms with Gasteiger partial charge in [-0.25, -0.2) is 4.98 Å². The van der Waals surface area contributed by atoms with Crippen molar-refractivity contribution in [1.29, 1.82) is 0 Å². The van der Waals surface area contributed by atoms with Gasteiger partial charge in [-0.3, -0.25) is 4.79 Å². The maximum atomic E-state index is 12.6. The van der Waals surface area contributed by atoms with Crippen LogP contribution in [-0.4, -0.2) is 35.0 Å². The van der Waals surface area contributed by atoms with Gasteiger partial charge in [-0.05, 0) is 39.0 Å². The van der Waals surface area contributed by atoms with Gasteiger partial charge in [-0.2, -0.15) is 0 Å². The summed E-state index contributed by atoms with van der Waals surface area (Å²) >= 11 is 1.68. The highest BCUT2D eigenvalue weighted by Gasteiger charge is 2.31. The highest BCUT2D eigenvalue weighted by molar-refractivity contribution is 7.09. The minimum absolute atomic E-state index is 0.142. The van der Waals surface area contributed by atoms with Crippen molar-refractivity contribution in [3.05, 3.63) is 16.1 Å². The van der Waals surface area contributed by atoms with Crippen molar-refractivity contribution >= 4 is 17.2 Å². The van der Waals surface area contributed by atoms with Crippen LogP contribution >= 0.6 is 11.3 Å². The number of aryl methyl sites for hydroxylation is 1. The van der Waals surface area contributed by atoms with Crippen molar-refractivity contribution in [2.24, 2.45) is 0 Å². The van der Waals surface area contributed by atoms with Crippen LogP contribution < -0.4 is 0 Å². The van der Waals surface area contributed by atoms with Gasteiger partial charge in [-0.15, -0.1) is 11.3 Å². The molecule has 0 radical (unpaired) electrons. The maximum Gasteiger partial charge on any atom is 0.225 e. The molecule has 1 aromatic rings. The first-order chi connectivity index (χ1) is 9.74. The van der Waals surface area contributed by atoms with Crippen molar-refractivity contribution in [3.8, 4) is 0 Å². The van der Waals surface area contributed by atoms with E-state index in [9.17, 15) is 4.79 Å². The monoisotopic (exact) mass is 294 g/mol. The van der Waals surface area contributed by atoms with Crippen LogP contribution in [0.4, 0.5) is 0 Å². The quantitative estimate of drug-likeness (QED) is 0.860. The van der Waals surface area contributed by atoms with Gasteiger partial charge in [0, 0.05) is 24.2 Å². The molecule has 5 heteroatoms. The number of amides is 1. The number of rotatable bonds is 3. The molecule has 2 atom stereocenters. The Kier molecular flexibility index (Phi) is 4.36. The number of nitrogens with zero attached hydrogens (tertiary/aromatic N) is 2. The van der Waals surface area contributed by atoms with Crippen LogP contribution in [0.15, 0.2) is 5.38 Å². The summed E-state index contributed by atoms with van der Waals surface area (Å²) in [5, 5.41) is 3.18. The average molecular weight is 294 g/mol. The summed E-state index contributed by atoms with van der Waals surface area (Å²) in [6, 6.07) is 0.191. The standard InChI is InChI=1S/C15H22N2O2S/c1-11-10-20-15(16-11)13-6-2-3-7-17(13)14(18)9-12-5-4-8-19-12/h10,12-13H,2-9H2,1H3/t12-,13+/m0/s1. The molecule has 2 aliphatic rings. The molecule has 3 rings (SSSR count). The number of likely N-dealkylation sites (tertiary alicyclic amines) is 1. The van der Waals surface area contributed by atoms with Crippen molar-refractivity contribution in [3.63, 3.8) is 0 Å². The van der Waals surface area contributed by atoms with Crippen molar-refractivity contribution in [2.75, 3.05) is 13.2 Å². The number of carbonyl (C=O) groups excluding carboxylic acids is 1. The molecule has 0 aromatic carbocycles. The van der Waals surface area contributed by atoms with Gasteiger partial charge in [0.15, 0.2) is 0 Å². The molecule has 1 amide bonds. The third-order valence-electron chi connectivity index (χ3n) is 4.17. The Hall–Kier alpha value is -0.940. The molecule has 0 saturated carbocycles. The number of hydrogen-bond acceptors (Lipinski definition) is 4. The second-order valence-corrected chi connectivity index (χ2v) is 6.65. The van der Waals surface area contributed by atoms with E-state index in [2.05, 4.69) is 10.4 Å². The molecule has 20 heavy (non-hydrogen) atoms. The Labute approximate surface area is 124 Å². The third kappa shape index (κ3) is 3.04. The Balaban J connectivity index is 1.69. The van der Waals surface area contributed by atoms with Gasteiger partial charge >= 0.3 is 0 Å². The smallest absolute Gasteiger partial charge is 0.225 e. The predicted octanol–water partition coefficient (Wildman–Crippen LogP) is 3.07. The first-order valence-corrected chi connectivity index (χ1v) is 8.45. The number of thiazole rings is 1. The van der Waals surface area contributed by atoms with Crippen molar-refractivity contribution < 1.29 is 9.53 Å². The average Bonchev–Trinajstić information content (AvgIpc) is 3.10. The lowest BCUT2D eigenvalue weighted by molar-refractivity contribution is -0.137. The first kappa shape index (κ1) is 14.0. The number of ether oxygens (including phenoxy) is 1. The second-order valence-electron chi connectivity index (χ2n) is 5.76. The number of aromatic nitrogens is 1. The molecule has 3 heterocycles. The molecule has 0 spiro atoms. The fraction of sp³-hybridized carbons (Fsp3) is 0.733. The lowest BCUT2D eigenvalue weighted by atomic mass is 10.0. The van der Waals surface area contributed by atoms with Crippen molar-refractivity contribution in [1.82, 2.24) is 9.88 Å². The van der Waals surface area contributed by atoms with Gasteiger partial charge in [0.05, 0.1) is 18.6 Å². The lowest BCUT2D eigenvalue weighted by Crippen LogP contribution is -2.39. The summed E-state index contributed by atoms with van der Waals surface area (Å²) in [6.07, 6.45) is 6.15. The molecule has 1 aromatic heterocycles. The van der Waals surface area contributed by atoms with Crippen LogP contribution in [0.25, 0.3) is 0 Å². The summed E-state index contributed by atoms with van der Waals surface area (Å²) in [7, 11) is 0. The highest BCUT2D eigenvalue weighted by atomic mass is 32.1. The Morgan fingerprint density at radius 2 is 2.35 bits per heavy atom. The van der Waals surface area contributed by atoms with Gasteiger partial charge in [0.25, 0.3) is 0 Å². The van der Waals surface area contributed by atoms with E-state index in [-0.39, 0.29) is 18.1 Å². The van der Waals surface area contributed by atoms with E-state index in [1.54, 1.807) is 11.3 Å². The molecule has 2 fully saturated rings. The fourth-order valence-electron chi connectivity index (χ4n) is 3.13. The van der Waals surface area contributed by atoms with E-state index in [1.165, 1.54) is 6.42 Å². The molecular weight excluding hydrogens is 272 g/mol. The summed E-state index contributed by atoms with van der Waals surface area (Å²) in [4.78, 5) is 19.2. The lowest BCUT2D eigenvalue weighted by Gasteiger charge is -2.35. The number of hydrogen-bond donors (Lipinski definition) is 0. The normalized spacial score (nSPS) is 26.9. The molecule has 4 nitrogen and oxygen atoms in total. The van der Waals surface area contributed by atoms with Gasteiger partial charge in [0.1, 0.15) is 5.01 Å². The second kappa shape index (κ2) is 6.22. The molecular formula is C15H22N2O2S. The van der Waals surface area contributed by atoms with E-state index in [1.807, 2.05) is 11.8 Å². The minimum Gasteiger partial charge on any atom is -0.378 e. The summed E-state index contributed by atoms with van der Waals surface area (Å²) in [6.45, 7) is 3.70. The van der Waals surface area contributed by atoms with E-state index < -0.39 is 0 Å². The van der Waals surface area contributed by atoms with Crippen molar-refractivity contribution in [2.45, 2.75) is 57.6 Å². The Morgan fingerprint density at radius 3 is 3.05 bits per heavy atom. The van der Waals surface area contributed by atoms with E-state index in [4.69, 9.17) is 4.74 Å². The summed E-state index contributed by atoms with van der Waals surface area (Å²) in [5.41, 5.74) is 1.06. The van der Waals surface area contributed by atoms with E-state index in [0.29, 0.717) is 6.42 Å². The molecule has 0 N–H and O–H groups in total.